The molecule has 1 aromatic heterocycles. The zero-order chi connectivity index (χ0) is 90.3. The van der Waals surface area contributed by atoms with E-state index in [1.54, 1.807) is 16.7 Å². The van der Waals surface area contributed by atoms with Crippen molar-refractivity contribution in [2.45, 2.75) is 310 Å². The predicted octanol–water partition coefficient (Wildman–Crippen LogP) is -5.86. The maximum atomic E-state index is 13.4. The molecule has 5 saturated heterocycles. The normalized spacial score (nSPS) is 27.5. The number of rotatable bonds is 61. The summed E-state index contributed by atoms with van der Waals surface area (Å²) in [6.07, 6.45) is -7.74. The second kappa shape index (κ2) is 59.2. The minimum absolute atomic E-state index is 0.0240. The molecule has 0 saturated carbocycles. The van der Waals surface area contributed by atoms with E-state index in [9.17, 15) is 99.0 Å². The number of β-amino-alcohol motifs (C(OH)–C–C–N with tert-alkyl or cyclic N) is 1. The van der Waals surface area contributed by atoms with Gasteiger partial charge in [0.1, 0.15) is 97.5 Å². The second-order valence-electron chi connectivity index (χ2n) is 31.7. The summed E-state index contributed by atoms with van der Waals surface area (Å²) in [6.45, 7) is 3.75. The fraction of sp³-hybridized carbons (Fsp3) is 0.850. The van der Waals surface area contributed by atoms with Crippen molar-refractivity contribution in [3.8, 4) is 0 Å². The standard InChI is InChI=1S/C80H139N13O31/c1-49(97)87-67-73(111)70(108)56(44-94)122-78(67)118-34-14-11-21-60(101)81-28-17-31-84-63(104)25-37-115-59-48-121-55(43-92-41-52(90-91-92)20-9-7-5-6-8-10-24-66(107)93-42-54(100)40-53(93)47-114-4)76(116-38-26-64(105)85-32-18-29-82-61(102)22-12-15-35-119-79-68(88-50(2)98)74(112)71(109)57(45-95)123-79)77(59)117-39-27-65(106)86-33-19-30-83-62(103)23-13-16-36-120-80-69(89-51(3)99)75(113)72(110)58(46-96)124-80/h41,53-59,67-80,94-96,100,108-113H,5-40,42-48H2,1-4H3,(H,81,101)(H,82,102)(H,83,103)(H,84,104)(H,85,105)(H,86,106)(H,87,97)(H,88,98)(H,89,99)/t53-,54+,55+,56+,57+,58+,59-,67+,68+,69+,70-,71-,72-,73+,74+,75+,76+,77+,78+,79+,80+/m0/s1. The van der Waals surface area contributed by atoms with Crippen molar-refractivity contribution < 1.29 is 151 Å². The number of hydrogen-bond acceptors (Lipinski definition) is 33. The SMILES string of the molecule is COC[C@@H]1C[C@@H](O)CN1C(=O)CCCCCCCCc1cn(C[C@H]2OC[C@H](OCCC(=O)NCCCNC(=O)CCCCO[C@@H]3O[C@H](CO)[C@H](O)[C@H](O)[C@H]3NC(C)=O)[C@@H](OCCC(=O)NCCCNC(=O)CCCCO[C@@H]3O[C@H](CO)[C@H](O)[C@H](O)[C@H]3NC(C)=O)[C@@H]2OCCC(=O)NCCCNC(=O)CCCCO[C@@H]2O[C@H](CO)[C@H](O)[C@H](O)[C@H]2NC(C)=O)nn1. The van der Waals surface area contributed by atoms with Gasteiger partial charge in [-0.3, -0.25) is 47.9 Å². The summed E-state index contributed by atoms with van der Waals surface area (Å²) in [5.74, 6) is -3.33. The number of aliphatic hydroxyl groups excluding tert-OH is 10. The van der Waals surface area contributed by atoms with Crippen LogP contribution in [0.5, 0.6) is 0 Å². The van der Waals surface area contributed by atoms with Crippen molar-refractivity contribution >= 4 is 59.1 Å². The molecule has 44 nitrogen and oxygen atoms in total. The van der Waals surface area contributed by atoms with E-state index in [1.165, 1.54) is 20.8 Å². The van der Waals surface area contributed by atoms with Crippen LogP contribution in [0.1, 0.15) is 174 Å². The molecule has 0 radical (unpaired) electrons. The van der Waals surface area contributed by atoms with Gasteiger partial charge in [0.2, 0.25) is 59.1 Å². The summed E-state index contributed by atoms with van der Waals surface area (Å²) in [4.78, 5) is 128. The molecule has 6 heterocycles. The number of methoxy groups -OCH3 is 1. The van der Waals surface area contributed by atoms with Crippen molar-refractivity contribution in [3.63, 3.8) is 0 Å². The maximum absolute atomic E-state index is 13.4. The molecule has 710 valence electrons. The van der Waals surface area contributed by atoms with Gasteiger partial charge < -0.3 is 156 Å². The summed E-state index contributed by atoms with van der Waals surface area (Å²) in [5.41, 5.74) is 0.732. The van der Waals surface area contributed by atoms with Crippen LogP contribution in [-0.2, 0) is 113 Å². The minimum atomic E-state index is -1.47. The van der Waals surface area contributed by atoms with Gasteiger partial charge in [-0.2, -0.15) is 0 Å². The Morgan fingerprint density at radius 3 is 1.19 bits per heavy atom. The van der Waals surface area contributed by atoms with Gasteiger partial charge >= 0.3 is 0 Å². The van der Waals surface area contributed by atoms with Gasteiger partial charge in [0.25, 0.3) is 0 Å². The average molecular weight is 1780 g/mol. The van der Waals surface area contributed by atoms with E-state index >= 15 is 0 Å². The lowest BCUT2D eigenvalue weighted by Gasteiger charge is -2.42. The molecule has 5 aliphatic rings. The summed E-state index contributed by atoms with van der Waals surface area (Å²) in [6, 6.07) is -3.42. The van der Waals surface area contributed by atoms with E-state index < -0.39 is 160 Å². The lowest BCUT2D eigenvalue weighted by atomic mass is 9.97. The Balaban J connectivity index is 1.01. The highest BCUT2D eigenvalue weighted by molar-refractivity contribution is 5.79. The quantitative estimate of drug-likeness (QED) is 0.0270. The van der Waals surface area contributed by atoms with E-state index in [1.807, 2.05) is 6.20 Å². The molecule has 21 atom stereocenters. The van der Waals surface area contributed by atoms with E-state index in [0.29, 0.717) is 90.2 Å². The van der Waals surface area contributed by atoms with Crippen molar-refractivity contribution in [1.29, 1.82) is 0 Å². The smallest absolute Gasteiger partial charge is 0.222 e. The zero-order valence-corrected chi connectivity index (χ0v) is 71.9. The van der Waals surface area contributed by atoms with Gasteiger partial charge in [0.05, 0.1) is 77.2 Å². The molecular formula is C80H139N13O31. The van der Waals surface area contributed by atoms with Gasteiger partial charge in [-0.1, -0.05) is 30.9 Å². The van der Waals surface area contributed by atoms with Gasteiger partial charge in [-0.15, -0.1) is 5.10 Å². The highest BCUT2D eigenvalue weighted by Crippen LogP contribution is 2.29. The minimum Gasteiger partial charge on any atom is -0.394 e. The van der Waals surface area contributed by atoms with Gasteiger partial charge in [0.15, 0.2) is 18.9 Å². The average Bonchev–Trinajstić information content (AvgIpc) is 1.18. The monoisotopic (exact) mass is 1780 g/mol. The molecule has 5 fully saturated rings. The van der Waals surface area contributed by atoms with Crippen molar-refractivity contribution in [1.82, 2.24) is 67.7 Å². The molecule has 1 aromatic rings. The molecule has 19 N–H and O–H groups in total. The fourth-order valence-electron chi connectivity index (χ4n) is 14.9. The summed E-state index contributed by atoms with van der Waals surface area (Å²) in [5, 5.41) is 135. The Hall–Kier alpha value is -7.00. The Kier molecular flexibility index (Phi) is 50.5. The zero-order valence-electron chi connectivity index (χ0n) is 71.9. The lowest BCUT2D eigenvalue weighted by molar-refractivity contribution is -0.270. The van der Waals surface area contributed by atoms with Crippen LogP contribution in [0, 0.1) is 0 Å². The third kappa shape index (κ3) is 38.5. The summed E-state index contributed by atoms with van der Waals surface area (Å²) >= 11 is 0. The first kappa shape index (κ1) is 106. The van der Waals surface area contributed by atoms with Gasteiger partial charge in [-0.25, -0.2) is 4.68 Å². The molecule has 0 spiro atoms. The highest BCUT2D eigenvalue weighted by Gasteiger charge is 2.49. The third-order valence-electron chi connectivity index (χ3n) is 21.6. The van der Waals surface area contributed by atoms with Crippen LogP contribution in [0.3, 0.4) is 0 Å². The van der Waals surface area contributed by atoms with Crippen LogP contribution in [0.2, 0.25) is 0 Å². The molecule has 0 aliphatic carbocycles. The number of amides is 10. The molecule has 0 aromatic carbocycles. The molecule has 10 amide bonds. The number of aliphatic hydroxyl groups is 10. The number of aromatic nitrogens is 3. The molecular weight excluding hydrogens is 1640 g/mol. The first-order valence-corrected chi connectivity index (χ1v) is 43.6. The number of ether oxygens (including phenoxy) is 11. The first-order chi connectivity index (χ1) is 59.6. The second-order valence-corrected chi connectivity index (χ2v) is 31.7. The number of carbonyl (C=O) groups is 10. The molecule has 6 rings (SSSR count). The van der Waals surface area contributed by atoms with Crippen LogP contribution in [0.25, 0.3) is 0 Å². The number of nitrogens with one attached hydrogen (secondary N) is 9. The van der Waals surface area contributed by atoms with E-state index in [4.69, 9.17) is 52.1 Å². The lowest BCUT2D eigenvalue weighted by Crippen LogP contribution is -2.64. The number of likely N-dealkylation sites (tertiary alicyclic amines) is 1. The molecule has 0 unspecified atom stereocenters. The Morgan fingerprint density at radius 2 is 0.798 bits per heavy atom. The van der Waals surface area contributed by atoms with Crippen LogP contribution >= 0.6 is 0 Å². The van der Waals surface area contributed by atoms with E-state index in [-0.39, 0.29) is 178 Å². The molecule has 0 bridgehead atoms. The van der Waals surface area contributed by atoms with E-state index in [2.05, 4.69) is 58.2 Å². The Morgan fingerprint density at radius 1 is 0.427 bits per heavy atom. The number of unbranched alkanes of at least 4 members (excludes halogenated alkanes) is 8. The fourth-order valence-corrected chi connectivity index (χ4v) is 14.9. The maximum Gasteiger partial charge on any atom is 0.222 e. The summed E-state index contributed by atoms with van der Waals surface area (Å²) in [7, 11) is 1.58. The van der Waals surface area contributed by atoms with Crippen molar-refractivity contribution in [2.75, 3.05) is 126 Å². The topological polar surface area (TPSA) is 617 Å². The van der Waals surface area contributed by atoms with Gasteiger partial charge in [0, 0.05) is 145 Å². The molecule has 44 heteroatoms. The number of nitrogens with zero attached hydrogens (tertiary/aromatic N) is 4. The highest BCUT2D eigenvalue weighted by atomic mass is 16.7. The number of aryl methyl sites for hydroxylation is 1. The van der Waals surface area contributed by atoms with Crippen molar-refractivity contribution in [2.24, 2.45) is 0 Å². The van der Waals surface area contributed by atoms with E-state index in [0.717, 1.165) is 44.2 Å². The van der Waals surface area contributed by atoms with Crippen LogP contribution < -0.4 is 47.9 Å². The Labute approximate surface area is 722 Å². The molecule has 5 aliphatic heterocycles. The Bertz CT molecular complexity index is 3310. The molecule has 124 heavy (non-hydrogen) atoms. The number of hydrogen-bond donors (Lipinski definition) is 19. The largest absolute Gasteiger partial charge is 0.394 e. The van der Waals surface area contributed by atoms with Gasteiger partial charge in [-0.05, 0) is 83.5 Å². The number of carbonyl (C=O) groups excluding carboxylic acids is 10. The van der Waals surface area contributed by atoms with Crippen LogP contribution in [0.4, 0.5) is 0 Å². The first-order valence-electron chi connectivity index (χ1n) is 43.6. The summed E-state index contributed by atoms with van der Waals surface area (Å²) < 4.78 is 66.9. The predicted molar refractivity (Wildman–Crippen MR) is 434 cm³/mol. The third-order valence-corrected chi connectivity index (χ3v) is 21.6. The van der Waals surface area contributed by atoms with Crippen LogP contribution in [-0.4, -0.2) is 384 Å². The van der Waals surface area contributed by atoms with Crippen LogP contribution in [0.15, 0.2) is 6.20 Å². The van der Waals surface area contributed by atoms with Crippen molar-refractivity contribution in [3.05, 3.63) is 11.9 Å².